The van der Waals surface area contributed by atoms with Crippen LogP contribution in [0.2, 0.25) is 0 Å². The molecule has 0 aliphatic rings. The molecule has 0 saturated carbocycles. The second-order valence-electron chi connectivity index (χ2n) is 6.00. The van der Waals surface area contributed by atoms with Gasteiger partial charge in [0, 0.05) is 31.5 Å². The number of amides is 1. The van der Waals surface area contributed by atoms with E-state index >= 15 is 0 Å². The van der Waals surface area contributed by atoms with E-state index in [-0.39, 0.29) is 30.5 Å². The van der Waals surface area contributed by atoms with Gasteiger partial charge in [0.2, 0.25) is 23.6 Å². The minimum Gasteiger partial charge on any atom is -0.494 e. The van der Waals surface area contributed by atoms with Crippen LogP contribution in [0, 0.1) is 6.92 Å². The summed E-state index contributed by atoms with van der Waals surface area (Å²) in [5.74, 6) is -0.645. The lowest BCUT2D eigenvalue weighted by Crippen LogP contribution is -2.25. The molecule has 0 aliphatic heterocycles. The Morgan fingerprint density at radius 2 is 1.65 bits per heavy atom. The van der Waals surface area contributed by atoms with Crippen LogP contribution in [0.15, 0.2) is 36.4 Å². The first-order valence-electron chi connectivity index (χ1n) is 8.56. The molecule has 0 unspecified atom stereocenters. The molecule has 140 valence electrons. The van der Waals surface area contributed by atoms with E-state index in [0.29, 0.717) is 13.2 Å². The number of unbranched alkanes of at least 4 members (excludes halogenated alkanes) is 1. The van der Waals surface area contributed by atoms with Crippen LogP contribution in [-0.2, 0) is 4.79 Å². The van der Waals surface area contributed by atoms with Gasteiger partial charge in [-0.3, -0.25) is 9.59 Å². The first-order chi connectivity index (χ1) is 12.5. The van der Waals surface area contributed by atoms with Crippen LogP contribution in [0.25, 0.3) is 0 Å². The van der Waals surface area contributed by atoms with E-state index in [9.17, 15) is 19.8 Å². The molecule has 0 saturated heterocycles. The third kappa shape index (κ3) is 5.84. The molecule has 1 amide bonds. The SMILES string of the molecule is Cc1ccc(OCCCCNC(=O)CCC(=O)n2c(O)ccc2O)cc1. The number of rotatable bonds is 9. The van der Waals surface area contributed by atoms with Crippen LogP contribution >= 0.6 is 0 Å². The van der Waals surface area contributed by atoms with Gasteiger partial charge >= 0.3 is 0 Å². The summed E-state index contributed by atoms with van der Waals surface area (Å²) < 4.78 is 6.38. The number of aryl methyl sites for hydroxylation is 1. The lowest BCUT2D eigenvalue weighted by atomic mass is 10.2. The summed E-state index contributed by atoms with van der Waals surface area (Å²) in [5.41, 5.74) is 1.18. The molecule has 0 fully saturated rings. The number of benzene rings is 1. The van der Waals surface area contributed by atoms with Crippen LogP contribution in [0.1, 0.15) is 36.0 Å². The second kappa shape index (κ2) is 9.50. The zero-order valence-corrected chi connectivity index (χ0v) is 14.8. The minimum absolute atomic E-state index is 0.00421. The zero-order valence-electron chi connectivity index (χ0n) is 14.8. The van der Waals surface area contributed by atoms with Gasteiger partial charge in [-0.25, -0.2) is 4.57 Å². The summed E-state index contributed by atoms with van der Waals surface area (Å²) in [6.07, 6.45) is 1.47. The molecule has 7 heteroatoms. The second-order valence-corrected chi connectivity index (χ2v) is 6.00. The van der Waals surface area contributed by atoms with E-state index in [1.165, 1.54) is 17.7 Å². The molecule has 0 bridgehead atoms. The fourth-order valence-electron chi connectivity index (χ4n) is 2.37. The Bertz CT molecular complexity index is 717. The van der Waals surface area contributed by atoms with Crippen LogP contribution in [0.5, 0.6) is 17.5 Å². The molecule has 1 heterocycles. The summed E-state index contributed by atoms with van der Waals surface area (Å²) in [6, 6.07) is 10.3. The topological polar surface area (TPSA) is 101 Å². The van der Waals surface area contributed by atoms with Crippen LogP contribution in [0.3, 0.4) is 0 Å². The van der Waals surface area contributed by atoms with Crippen molar-refractivity contribution in [2.45, 2.75) is 32.6 Å². The van der Waals surface area contributed by atoms with Gasteiger partial charge in [0.15, 0.2) is 0 Å². The van der Waals surface area contributed by atoms with Crippen molar-refractivity contribution >= 4 is 11.8 Å². The highest BCUT2D eigenvalue weighted by atomic mass is 16.5. The van der Waals surface area contributed by atoms with Crippen molar-refractivity contribution in [1.82, 2.24) is 9.88 Å². The fourth-order valence-corrected chi connectivity index (χ4v) is 2.37. The normalized spacial score (nSPS) is 10.5. The van der Waals surface area contributed by atoms with E-state index < -0.39 is 5.91 Å². The van der Waals surface area contributed by atoms with Crippen molar-refractivity contribution in [1.29, 1.82) is 0 Å². The van der Waals surface area contributed by atoms with Gasteiger partial charge in [0.1, 0.15) is 5.75 Å². The van der Waals surface area contributed by atoms with E-state index in [1.54, 1.807) is 0 Å². The maximum absolute atomic E-state index is 11.9. The fraction of sp³-hybridized carbons (Fsp3) is 0.368. The highest BCUT2D eigenvalue weighted by Gasteiger charge is 2.15. The van der Waals surface area contributed by atoms with Gasteiger partial charge in [0.05, 0.1) is 6.61 Å². The number of carbonyl (C=O) groups excluding carboxylic acids is 2. The standard InChI is InChI=1S/C19H24N2O5/c1-14-4-6-15(7-5-14)26-13-3-2-12-20-16(22)8-9-17(23)21-18(24)10-11-19(21)25/h4-7,10-11,24-25H,2-3,8-9,12-13H2,1H3,(H,20,22). The first kappa shape index (κ1) is 19.4. The molecule has 3 N–H and O–H groups in total. The Morgan fingerprint density at radius 3 is 2.31 bits per heavy atom. The minimum atomic E-state index is -0.536. The van der Waals surface area contributed by atoms with Gasteiger partial charge in [-0.05, 0) is 31.9 Å². The van der Waals surface area contributed by atoms with Crippen molar-refractivity contribution in [2.75, 3.05) is 13.2 Å². The Balaban J connectivity index is 1.56. The molecule has 0 aliphatic carbocycles. The number of hydrogen-bond acceptors (Lipinski definition) is 5. The van der Waals surface area contributed by atoms with Crippen LogP contribution in [-0.4, -0.2) is 39.7 Å². The summed E-state index contributed by atoms with van der Waals surface area (Å²) in [6.45, 7) is 3.10. The molecular formula is C19H24N2O5. The van der Waals surface area contributed by atoms with Crippen molar-refractivity contribution in [3.63, 3.8) is 0 Å². The van der Waals surface area contributed by atoms with Crippen LogP contribution < -0.4 is 10.1 Å². The molecule has 26 heavy (non-hydrogen) atoms. The van der Waals surface area contributed by atoms with Gasteiger partial charge in [-0.1, -0.05) is 17.7 Å². The molecule has 1 aromatic heterocycles. The predicted molar refractivity (Wildman–Crippen MR) is 96.5 cm³/mol. The monoisotopic (exact) mass is 360 g/mol. The number of ether oxygens (including phenoxy) is 1. The van der Waals surface area contributed by atoms with E-state index in [2.05, 4.69) is 5.32 Å². The summed E-state index contributed by atoms with van der Waals surface area (Å²) in [4.78, 5) is 23.6. The van der Waals surface area contributed by atoms with Crippen molar-refractivity contribution in [3.8, 4) is 17.5 Å². The smallest absolute Gasteiger partial charge is 0.236 e. The molecule has 1 aromatic carbocycles. The number of aromatic hydroxyl groups is 2. The summed E-state index contributed by atoms with van der Waals surface area (Å²) in [5, 5.41) is 21.7. The van der Waals surface area contributed by atoms with Gasteiger partial charge in [-0.15, -0.1) is 0 Å². The number of nitrogens with one attached hydrogen (secondary N) is 1. The average Bonchev–Trinajstić information content (AvgIpc) is 2.96. The molecule has 2 aromatic rings. The van der Waals surface area contributed by atoms with Gasteiger partial charge in [0.25, 0.3) is 0 Å². The molecule has 0 radical (unpaired) electrons. The Kier molecular flexibility index (Phi) is 7.08. The highest BCUT2D eigenvalue weighted by molar-refractivity contribution is 5.86. The summed E-state index contributed by atoms with van der Waals surface area (Å²) in [7, 11) is 0. The highest BCUT2D eigenvalue weighted by Crippen LogP contribution is 2.21. The number of hydrogen-bond donors (Lipinski definition) is 3. The van der Waals surface area contributed by atoms with Crippen molar-refractivity contribution < 1.29 is 24.5 Å². The Morgan fingerprint density at radius 1 is 1.00 bits per heavy atom. The van der Waals surface area contributed by atoms with E-state index in [4.69, 9.17) is 4.74 Å². The Labute approximate surface area is 152 Å². The third-order valence-electron chi connectivity index (χ3n) is 3.84. The Hall–Kier alpha value is -2.96. The maximum atomic E-state index is 11.9. The maximum Gasteiger partial charge on any atom is 0.236 e. The van der Waals surface area contributed by atoms with Crippen molar-refractivity contribution in [2.24, 2.45) is 0 Å². The van der Waals surface area contributed by atoms with Crippen molar-refractivity contribution in [3.05, 3.63) is 42.0 Å². The zero-order chi connectivity index (χ0) is 18.9. The van der Waals surface area contributed by atoms with Crippen LogP contribution in [0.4, 0.5) is 0 Å². The number of nitrogens with zero attached hydrogens (tertiary/aromatic N) is 1. The first-order valence-corrected chi connectivity index (χ1v) is 8.56. The molecule has 0 atom stereocenters. The molecule has 7 nitrogen and oxygen atoms in total. The average molecular weight is 360 g/mol. The number of aromatic nitrogens is 1. The molecule has 0 spiro atoms. The largest absolute Gasteiger partial charge is 0.494 e. The lowest BCUT2D eigenvalue weighted by molar-refractivity contribution is -0.121. The lowest BCUT2D eigenvalue weighted by Gasteiger charge is -2.08. The third-order valence-corrected chi connectivity index (χ3v) is 3.84. The number of carbonyl (C=O) groups is 2. The quantitative estimate of drug-likeness (QED) is 0.597. The molecular weight excluding hydrogens is 336 g/mol. The van der Waals surface area contributed by atoms with E-state index in [0.717, 1.165) is 23.2 Å². The van der Waals surface area contributed by atoms with Gasteiger partial charge in [-0.2, -0.15) is 0 Å². The summed E-state index contributed by atoms with van der Waals surface area (Å²) >= 11 is 0. The van der Waals surface area contributed by atoms with E-state index in [1.807, 2.05) is 31.2 Å². The molecule has 2 rings (SSSR count). The predicted octanol–water partition coefficient (Wildman–Crippen LogP) is 2.60. The van der Waals surface area contributed by atoms with Gasteiger partial charge < -0.3 is 20.3 Å².